The number of urea groups is 1. The number of benzene rings is 1. The molecule has 2 N–H and O–H groups in total. The zero-order valence-corrected chi connectivity index (χ0v) is 15.7. The van der Waals surface area contributed by atoms with Crippen LogP contribution in [-0.4, -0.2) is 45.6 Å². The molecule has 0 unspecified atom stereocenters. The number of hydrogen-bond acceptors (Lipinski definition) is 6. The molecule has 1 aromatic carbocycles. The van der Waals surface area contributed by atoms with Gasteiger partial charge in [0, 0.05) is 24.5 Å². The zero-order chi connectivity index (χ0) is 19.9. The first-order valence-electron chi connectivity index (χ1n) is 8.18. The molecule has 9 heteroatoms. The number of nitrogens with one attached hydrogen (secondary N) is 2. The molecule has 8 nitrogen and oxygen atoms in total. The molecular formula is C19H16N6O2S. The fraction of sp³-hybridized carbons (Fsp3) is 0.105. The first-order chi connectivity index (χ1) is 13.5. The number of likely N-dealkylation sites (N-methyl/N-ethyl adjacent to an activating group) is 1. The van der Waals surface area contributed by atoms with Crippen molar-refractivity contribution in [3.05, 3.63) is 54.2 Å². The number of amides is 3. The summed E-state index contributed by atoms with van der Waals surface area (Å²) in [4.78, 5) is 29.9. The lowest BCUT2D eigenvalue weighted by Gasteiger charge is -2.16. The van der Waals surface area contributed by atoms with Crippen LogP contribution in [0.4, 0.5) is 15.6 Å². The van der Waals surface area contributed by atoms with Crippen molar-refractivity contribution < 1.29 is 9.59 Å². The summed E-state index contributed by atoms with van der Waals surface area (Å²) in [6, 6.07) is 11.9. The van der Waals surface area contributed by atoms with Crippen LogP contribution in [0.2, 0.25) is 0 Å². The van der Waals surface area contributed by atoms with Crippen molar-refractivity contribution >= 4 is 34.1 Å². The van der Waals surface area contributed by atoms with Gasteiger partial charge in [-0.05, 0) is 30.3 Å². The molecule has 0 saturated heterocycles. The van der Waals surface area contributed by atoms with Crippen LogP contribution in [0, 0.1) is 12.3 Å². The number of hydrogen-bond donors (Lipinski definition) is 2. The molecule has 2 aromatic heterocycles. The van der Waals surface area contributed by atoms with E-state index in [2.05, 4.69) is 31.7 Å². The van der Waals surface area contributed by atoms with Gasteiger partial charge in [0.15, 0.2) is 5.01 Å². The highest BCUT2D eigenvalue weighted by Crippen LogP contribution is 2.24. The van der Waals surface area contributed by atoms with Gasteiger partial charge in [0.1, 0.15) is 12.2 Å². The minimum Gasteiger partial charge on any atom is -0.325 e. The molecule has 0 bridgehead atoms. The van der Waals surface area contributed by atoms with Crippen LogP contribution in [0.3, 0.4) is 0 Å². The molecule has 0 aliphatic rings. The molecule has 28 heavy (non-hydrogen) atoms. The Bertz CT molecular complexity index is 1030. The van der Waals surface area contributed by atoms with Crippen molar-refractivity contribution in [3.63, 3.8) is 0 Å². The third kappa shape index (κ3) is 4.90. The number of anilines is 2. The number of rotatable bonds is 5. The number of aromatic nitrogens is 3. The Kier molecular flexibility index (Phi) is 5.94. The molecule has 2 heterocycles. The van der Waals surface area contributed by atoms with Gasteiger partial charge in [0.25, 0.3) is 0 Å². The van der Waals surface area contributed by atoms with E-state index in [9.17, 15) is 9.59 Å². The summed E-state index contributed by atoms with van der Waals surface area (Å²) in [5, 5.41) is 14.2. The summed E-state index contributed by atoms with van der Waals surface area (Å²) in [7, 11) is 1.51. The van der Waals surface area contributed by atoms with E-state index >= 15 is 0 Å². The number of carbonyl (C=O) groups is 2. The number of pyridine rings is 1. The molecule has 0 aliphatic heterocycles. The van der Waals surface area contributed by atoms with Gasteiger partial charge in [0.05, 0.1) is 0 Å². The van der Waals surface area contributed by atoms with Crippen LogP contribution in [-0.2, 0) is 4.79 Å². The lowest BCUT2D eigenvalue weighted by atomic mass is 10.2. The molecule has 0 saturated carbocycles. The summed E-state index contributed by atoms with van der Waals surface area (Å²) >= 11 is 1.19. The molecule has 0 radical (unpaired) electrons. The summed E-state index contributed by atoms with van der Waals surface area (Å²) in [6.45, 7) is -0.141. The van der Waals surface area contributed by atoms with E-state index in [0.717, 1.165) is 0 Å². The standard InChI is InChI=1S/C19H16N6O2S/c1-3-13-7-6-8-14(11-13)21-16(26)12-25(2)19(27)22-18-24-23-17(28-18)15-9-4-5-10-20-15/h1,4-11H,12H2,2H3,(H,21,26)(H,22,24,27). The van der Waals surface area contributed by atoms with Gasteiger partial charge in [-0.25, -0.2) is 4.79 Å². The highest BCUT2D eigenvalue weighted by molar-refractivity contribution is 7.18. The van der Waals surface area contributed by atoms with E-state index in [4.69, 9.17) is 6.42 Å². The van der Waals surface area contributed by atoms with Gasteiger partial charge >= 0.3 is 6.03 Å². The number of carbonyl (C=O) groups excluding carboxylic acids is 2. The third-order valence-electron chi connectivity index (χ3n) is 3.56. The monoisotopic (exact) mass is 392 g/mol. The topological polar surface area (TPSA) is 100 Å². The molecular weight excluding hydrogens is 376 g/mol. The second kappa shape index (κ2) is 8.75. The van der Waals surface area contributed by atoms with Gasteiger partial charge in [-0.15, -0.1) is 16.6 Å². The van der Waals surface area contributed by atoms with E-state index in [1.54, 1.807) is 42.6 Å². The van der Waals surface area contributed by atoms with Crippen LogP contribution < -0.4 is 10.6 Å². The third-order valence-corrected chi connectivity index (χ3v) is 4.42. The molecule has 140 valence electrons. The predicted molar refractivity (Wildman–Crippen MR) is 108 cm³/mol. The maximum atomic E-state index is 12.3. The fourth-order valence-corrected chi connectivity index (χ4v) is 2.94. The van der Waals surface area contributed by atoms with Gasteiger partial charge in [-0.1, -0.05) is 29.4 Å². The van der Waals surface area contributed by atoms with E-state index in [-0.39, 0.29) is 12.5 Å². The van der Waals surface area contributed by atoms with E-state index in [1.165, 1.54) is 23.3 Å². The fourth-order valence-electron chi connectivity index (χ4n) is 2.23. The van der Waals surface area contributed by atoms with Gasteiger partial charge in [-0.2, -0.15) is 0 Å². The highest BCUT2D eigenvalue weighted by Gasteiger charge is 2.16. The predicted octanol–water partition coefficient (Wildman–Crippen LogP) is 2.68. The molecule has 3 rings (SSSR count). The smallest absolute Gasteiger partial charge is 0.323 e. The largest absolute Gasteiger partial charge is 0.325 e. The van der Waals surface area contributed by atoms with Crippen molar-refractivity contribution in [3.8, 4) is 23.0 Å². The SMILES string of the molecule is C#Cc1cccc(NC(=O)CN(C)C(=O)Nc2nnc(-c3ccccn3)s2)c1. The molecule has 3 aromatic rings. The Hall–Kier alpha value is -3.77. The number of nitrogens with zero attached hydrogens (tertiary/aromatic N) is 4. The highest BCUT2D eigenvalue weighted by atomic mass is 32.1. The van der Waals surface area contributed by atoms with Gasteiger partial charge in [-0.3, -0.25) is 15.1 Å². The second-order valence-corrected chi connectivity index (χ2v) is 6.66. The van der Waals surface area contributed by atoms with Gasteiger partial charge in [0.2, 0.25) is 11.0 Å². The van der Waals surface area contributed by atoms with Gasteiger partial charge < -0.3 is 10.2 Å². The zero-order valence-electron chi connectivity index (χ0n) is 14.9. The Morgan fingerprint density at radius 3 is 2.79 bits per heavy atom. The first kappa shape index (κ1) is 19.0. The number of terminal acetylenes is 1. The van der Waals surface area contributed by atoms with Crippen molar-refractivity contribution in [2.45, 2.75) is 0 Å². The lowest BCUT2D eigenvalue weighted by molar-refractivity contribution is -0.116. The van der Waals surface area contributed by atoms with E-state index < -0.39 is 6.03 Å². The summed E-state index contributed by atoms with van der Waals surface area (Å²) in [5.41, 5.74) is 1.89. The van der Waals surface area contributed by atoms with Crippen molar-refractivity contribution in [2.24, 2.45) is 0 Å². The normalized spacial score (nSPS) is 10.0. The van der Waals surface area contributed by atoms with Crippen LogP contribution in [0.15, 0.2) is 48.7 Å². The lowest BCUT2D eigenvalue weighted by Crippen LogP contribution is -2.37. The average Bonchev–Trinajstić information content (AvgIpc) is 3.17. The molecule has 0 fully saturated rings. The van der Waals surface area contributed by atoms with Crippen LogP contribution >= 0.6 is 11.3 Å². The Morgan fingerprint density at radius 2 is 2.04 bits per heavy atom. The maximum absolute atomic E-state index is 12.3. The minimum absolute atomic E-state index is 0.141. The van der Waals surface area contributed by atoms with Crippen LogP contribution in [0.25, 0.3) is 10.7 Å². The summed E-state index contributed by atoms with van der Waals surface area (Å²) in [5.74, 6) is 2.15. The second-order valence-electron chi connectivity index (χ2n) is 5.69. The summed E-state index contributed by atoms with van der Waals surface area (Å²) < 4.78 is 0. The Balaban J connectivity index is 1.55. The molecule has 0 spiro atoms. The minimum atomic E-state index is -0.476. The van der Waals surface area contributed by atoms with Crippen molar-refractivity contribution in [1.29, 1.82) is 0 Å². The van der Waals surface area contributed by atoms with E-state index in [0.29, 0.717) is 27.1 Å². The van der Waals surface area contributed by atoms with E-state index in [1.807, 2.05) is 6.07 Å². The van der Waals surface area contributed by atoms with Crippen molar-refractivity contribution in [2.75, 3.05) is 24.2 Å². The Morgan fingerprint density at radius 1 is 1.18 bits per heavy atom. The molecule has 0 atom stereocenters. The quantitative estimate of drug-likeness (QED) is 0.650. The van der Waals surface area contributed by atoms with Crippen LogP contribution in [0.1, 0.15) is 5.56 Å². The van der Waals surface area contributed by atoms with Crippen molar-refractivity contribution in [1.82, 2.24) is 20.1 Å². The Labute approximate surface area is 165 Å². The maximum Gasteiger partial charge on any atom is 0.323 e. The first-order valence-corrected chi connectivity index (χ1v) is 9.00. The summed E-state index contributed by atoms with van der Waals surface area (Å²) in [6.07, 6.45) is 7.00. The van der Waals surface area contributed by atoms with Crippen LogP contribution in [0.5, 0.6) is 0 Å². The molecule has 3 amide bonds. The average molecular weight is 392 g/mol. The molecule has 0 aliphatic carbocycles.